The molecule has 1 fully saturated rings. The zero-order valence-electron chi connectivity index (χ0n) is 16.5. The van der Waals surface area contributed by atoms with Crippen LogP contribution in [-0.4, -0.2) is 55.1 Å². The van der Waals surface area contributed by atoms with Crippen LogP contribution in [0.15, 0.2) is 24.4 Å². The molecule has 0 saturated carbocycles. The van der Waals surface area contributed by atoms with Gasteiger partial charge in [0.15, 0.2) is 0 Å². The van der Waals surface area contributed by atoms with E-state index in [-0.39, 0.29) is 12.5 Å². The van der Waals surface area contributed by atoms with E-state index < -0.39 is 23.7 Å². The van der Waals surface area contributed by atoms with E-state index in [4.69, 9.17) is 18.9 Å². The van der Waals surface area contributed by atoms with Crippen LogP contribution in [0.4, 0.5) is 4.79 Å². The highest BCUT2D eigenvalue weighted by atomic mass is 16.6. The molecule has 1 saturated heterocycles. The fourth-order valence-electron chi connectivity index (χ4n) is 2.77. The molecular formula is C20H26N2O6. The molecule has 1 amide bonds. The van der Waals surface area contributed by atoms with Crippen molar-refractivity contribution >= 4 is 23.0 Å². The molecule has 0 radical (unpaired) electrons. The highest BCUT2D eigenvalue weighted by Gasteiger charge is 2.26. The Hall–Kier alpha value is -2.74. The van der Waals surface area contributed by atoms with Crippen LogP contribution < -0.4 is 10.1 Å². The summed E-state index contributed by atoms with van der Waals surface area (Å²) in [5.74, 6) is 0.178. The molecule has 1 aliphatic rings. The average Bonchev–Trinajstić information content (AvgIpc) is 3.37. The maximum Gasteiger partial charge on any atom is 0.408 e. The number of hydrogen-bond acceptors (Lipinski definition) is 6. The molecular weight excluding hydrogens is 364 g/mol. The number of methoxy groups -OCH3 is 1. The third-order valence-electron chi connectivity index (χ3n) is 4.18. The van der Waals surface area contributed by atoms with Crippen LogP contribution in [0.3, 0.4) is 0 Å². The van der Waals surface area contributed by atoms with E-state index in [0.29, 0.717) is 6.61 Å². The van der Waals surface area contributed by atoms with Gasteiger partial charge in [0.2, 0.25) is 0 Å². The molecule has 1 aromatic heterocycles. The third-order valence-corrected chi connectivity index (χ3v) is 4.18. The molecule has 0 spiro atoms. The van der Waals surface area contributed by atoms with Crippen LogP contribution in [0.2, 0.25) is 0 Å². The molecule has 1 aliphatic heterocycles. The second kappa shape index (κ2) is 8.10. The number of alkyl carbamates (subject to hydrolysis) is 1. The Morgan fingerprint density at radius 3 is 2.75 bits per heavy atom. The Balaban J connectivity index is 1.75. The van der Waals surface area contributed by atoms with Gasteiger partial charge in [-0.05, 0) is 44.5 Å². The lowest BCUT2D eigenvalue weighted by molar-refractivity contribution is -0.143. The molecule has 1 aromatic carbocycles. The summed E-state index contributed by atoms with van der Waals surface area (Å²) in [5.41, 5.74) is 1.10. The van der Waals surface area contributed by atoms with Crippen LogP contribution in [-0.2, 0) is 25.4 Å². The summed E-state index contributed by atoms with van der Waals surface area (Å²) in [4.78, 5) is 27.5. The Kier molecular flexibility index (Phi) is 5.79. The summed E-state index contributed by atoms with van der Waals surface area (Å²) in [6.07, 6.45) is 1.56. The quantitative estimate of drug-likeness (QED) is 0.556. The topological polar surface area (TPSA) is 102 Å². The van der Waals surface area contributed by atoms with Crippen molar-refractivity contribution in [3.8, 4) is 5.75 Å². The van der Waals surface area contributed by atoms with Crippen LogP contribution in [0.25, 0.3) is 10.9 Å². The molecule has 28 heavy (non-hydrogen) atoms. The zero-order chi connectivity index (χ0) is 20.3. The van der Waals surface area contributed by atoms with Gasteiger partial charge in [-0.1, -0.05) is 0 Å². The second-order valence-electron chi connectivity index (χ2n) is 7.71. The fraction of sp³-hybridized carbons (Fsp3) is 0.500. The molecule has 2 heterocycles. The number of ether oxygens (including phenoxy) is 4. The highest BCUT2D eigenvalue weighted by molar-refractivity contribution is 5.87. The molecule has 152 valence electrons. The van der Waals surface area contributed by atoms with Crippen molar-refractivity contribution in [3.63, 3.8) is 0 Å². The molecule has 8 nitrogen and oxygen atoms in total. The van der Waals surface area contributed by atoms with Gasteiger partial charge >= 0.3 is 12.1 Å². The average molecular weight is 390 g/mol. The smallest absolute Gasteiger partial charge is 0.408 e. The van der Waals surface area contributed by atoms with Crippen molar-refractivity contribution in [2.24, 2.45) is 0 Å². The van der Waals surface area contributed by atoms with Gasteiger partial charge in [-0.3, -0.25) is 0 Å². The fourth-order valence-corrected chi connectivity index (χ4v) is 2.77. The minimum Gasteiger partial charge on any atom is -0.491 e. The second-order valence-corrected chi connectivity index (χ2v) is 7.71. The number of carbonyl (C=O) groups is 2. The standard InChI is InChI=1S/C20H26N2O6/c1-20(2,3)28-19(24)22-17(18(23)25-4)7-12-9-21-16-6-5-13(8-15(12)16)26-10-14-11-27-14/h5-6,8-9,14,17,21H,7,10-11H2,1-4H3,(H,22,24). The van der Waals surface area contributed by atoms with E-state index >= 15 is 0 Å². The maximum absolute atomic E-state index is 12.2. The van der Waals surface area contributed by atoms with Crippen LogP contribution in [0.1, 0.15) is 26.3 Å². The maximum atomic E-state index is 12.2. The lowest BCUT2D eigenvalue weighted by Gasteiger charge is -2.22. The minimum atomic E-state index is -0.872. The molecule has 8 heteroatoms. The van der Waals surface area contributed by atoms with Gasteiger partial charge in [0, 0.05) is 23.5 Å². The molecule has 2 N–H and O–H groups in total. The Morgan fingerprint density at radius 1 is 1.36 bits per heavy atom. The van der Waals surface area contributed by atoms with Gasteiger partial charge in [0.25, 0.3) is 0 Å². The predicted molar refractivity (Wildman–Crippen MR) is 102 cm³/mol. The van der Waals surface area contributed by atoms with Crippen LogP contribution in [0.5, 0.6) is 5.75 Å². The number of fused-ring (bicyclic) bond motifs is 1. The summed E-state index contributed by atoms with van der Waals surface area (Å²) < 4.78 is 21.0. The summed E-state index contributed by atoms with van der Waals surface area (Å²) in [6.45, 7) is 6.51. The number of H-pyrrole nitrogens is 1. The monoisotopic (exact) mass is 390 g/mol. The summed E-state index contributed by atoms with van der Waals surface area (Å²) >= 11 is 0. The molecule has 2 atom stereocenters. The van der Waals surface area contributed by atoms with Crippen LogP contribution in [0, 0.1) is 0 Å². The van der Waals surface area contributed by atoms with E-state index in [1.165, 1.54) is 7.11 Å². The Morgan fingerprint density at radius 2 is 2.11 bits per heavy atom. The number of aromatic nitrogens is 1. The van der Waals surface area contributed by atoms with Gasteiger partial charge in [0.05, 0.1) is 13.7 Å². The molecule has 0 bridgehead atoms. The molecule has 0 aliphatic carbocycles. The van der Waals surface area contributed by atoms with Gasteiger partial charge < -0.3 is 29.2 Å². The Labute approximate surface area is 163 Å². The SMILES string of the molecule is COC(=O)C(Cc1c[nH]c2ccc(OCC3CO3)cc12)NC(=O)OC(C)(C)C. The number of rotatable bonds is 7. The first-order valence-electron chi connectivity index (χ1n) is 9.17. The summed E-state index contributed by atoms with van der Waals surface area (Å²) in [5, 5.41) is 3.50. The summed E-state index contributed by atoms with van der Waals surface area (Å²) in [6, 6.07) is 4.83. The first-order valence-corrected chi connectivity index (χ1v) is 9.17. The largest absolute Gasteiger partial charge is 0.491 e. The van der Waals surface area contributed by atoms with E-state index in [2.05, 4.69) is 10.3 Å². The zero-order valence-corrected chi connectivity index (χ0v) is 16.5. The van der Waals surface area contributed by atoms with Crippen molar-refractivity contribution in [3.05, 3.63) is 30.0 Å². The van der Waals surface area contributed by atoms with Gasteiger partial charge in [-0.25, -0.2) is 9.59 Å². The van der Waals surface area contributed by atoms with E-state index in [1.54, 1.807) is 20.8 Å². The van der Waals surface area contributed by atoms with Gasteiger partial charge in [-0.2, -0.15) is 0 Å². The lowest BCUT2D eigenvalue weighted by Crippen LogP contribution is -2.45. The van der Waals surface area contributed by atoms with Gasteiger partial charge in [-0.15, -0.1) is 0 Å². The Bertz CT molecular complexity index is 850. The molecule has 2 aromatic rings. The highest BCUT2D eigenvalue weighted by Crippen LogP contribution is 2.26. The van der Waals surface area contributed by atoms with Gasteiger partial charge in [0.1, 0.15) is 30.1 Å². The van der Waals surface area contributed by atoms with Crippen molar-refractivity contribution < 1.29 is 28.5 Å². The number of esters is 1. The number of epoxide rings is 1. The van der Waals surface area contributed by atoms with Crippen molar-refractivity contribution in [2.75, 3.05) is 20.3 Å². The number of amides is 1. The molecule has 3 rings (SSSR count). The first-order chi connectivity index (χ1) is 13.2. The molecule has 2 unspecified atom stereocenters. The van der Waals surface area contributed by atoms with Crippen LogP contribution >= 0.6 is 0 Å². The van der Waals surface area contributed by atoms with E-state index in [1.807, 2.05) is 24.4 Å². The summed E-state index contributed by atoms with van der Waals surface area (Å²) in [7, 11) is 1.28. The number of aromatic amines is 1. The number of benzene rings is 1. The number of hydrogen-bond donors (Lipinski definition) is 2. The third kappa shape index (κ3) is 5.39. The van der Waals surface area contributed by atoms with E-state index in [0.717, 1.165) is 28.8 Å². The predicted octanol–water partition coefficient (Wildman–Crippen LogP) is 2.55. The minimum absolute atomic E-state index is 0.170. The normalized spacial score (nSPS) is 17.1. The number of carbonyl (C=O) groups excluding carboxylic acids is 2. The van der Waals surface area contributed by atoms with Crippen molar-refractivity contribution in [2.45, 2.75) is 44.9 Å². The van der Waals surface area contributed by atoms with Crippen molar-refractivity contribution in [1.82, 2.24) is 10.3 Å². The van der Waals surface area contributed by atoms with E-state index in [9.17, 15) is 9.59 Å². The first kappa shape index (κ1) is 20.0. The lowest BCUT2D eigenvalue weighted by atomic mass is 10.0. The number of nitrogens with one attached hydrogen (secondary N) is 2. The van der Waals surface area contributed by atoms with Crippen molar-refractivity contribution in [1.29, 1.82) is 0 Å².